The van der Waals surface area contributed by atoms with Crippen molar-refractivity contribution in [2.24, 2.45) is 16.5 Å². The minimum atomic E-state index is -4.74. The molecule has 0 heterocycles. The van der Waals surface area contributed by atoms with Crippen LogP contribution in [0.15, 0.2) is 47.5 Å². The first-order valence-corrected chi connectivity index (χ1v) is 6.83. The van der Waals surface area contributed by atoms with Crippen molar-refractivity contribution >= 4 is 35.9 Å². The van der Waals surface area contributed by atoms with Crippen LogP contribution in [-0.4, -0.2) is 11.9 Å². The fourth-order valence-electron chi connectivity index (χ4n) is 1.78. The lowest BCUT2D eigenvalue weighted by molar-refractivity contribution is -0.138. The zero-order valence-electron chi connectivity index (χ0n) is 12.4. The van der Waals surface area contributed by atoms with Gasteiger partial charge in [-0.25, -0.2) is 0 Å². The maximum Gasteiger partial charge on any atom is 0.420 e. The molecule has 10 heteroatoms. The number of nitrogens with two attached hydrogens (primary N) is 2. The Balaban J connectivity index is 0.00000312. The maximum atomic E-state index is 13.2. The van der Waals surface area contributed by atoms with Crippen LogP contribution in [0.1, 0.15) is 15.9 Å². The summed E-state index contributed by atoms with van der Waals surface area (Å²) < 4.78 is 44.9. The molecule has 0 aliphatic rings. The summed E-state index contributed by atoms with van der Waals surface area (Å²) in [4.78, 5) is 14.9. The molecule has 0 fully saturated rings. The van der Waals surface area contributed by atoms with Gasteiger partial charge in [0.25, 0.3) is 5.91 Å². The van der Waals surface area contributed by atoms with Gasteiger partial charge in [0.05, 0.1) is 5.56 Å². The van der Waals surface area contributed by atoms with Gasteiger partial charge in [0.2, 0.25) is 0 Å². The maximum absolute atomic E-state index is 13.2. The summed E-state index contributed by atoms with van der Waals surface area (Å²) >= 11 is 5.71. The van der Waals surface area contributed by atoms with E-state index in [4.69, 9.17) is 27.8 Å². The van der Waals surface area contributed by atoms with Gasteiger partial charge in [-0.1, -0.05) is 11.6 Å². The number of guanidine groups is 1. The molecule has 0 aliphatic heterocycles. The van der Waals surface area contributed by atoms with E-state index in [1.807, 2.05) is 0 Å². The van der Waals surface area contributed by atoms with E-state index in [0.717, 1.165) is 12.1 Å². The minimum Gasteiger partial charge on any atom is -0.457 e. The Morgan fingerprint density at radius 1 is 1.08 bits per heavy atom. The highest BCUT2D eigenvalue weighted by Gasteiger charge is 2.35. The second-order valence-electron chi connectivity index (χ2n) is 4.61. The molecule has 4 N–H and O–H groups in total. The molecular weight excluding hydrogens is 382 g/mol. The van der Waals surface area contributed by atoms with Gasteiger partial charge in [0, 0.05) is 10.6 Å². The predicted molar refractivity (Wildman–Crippen MR) is 90.4 cm³/mol. The number of halogens is 5. The molecule has 1 amide bonds. The third-order valence-corrected chi connectivity index (χ3v) is 3.06. The molecule has 0 saturated carbocycles. The molecule has 5 nitrogen and oxygen atoms in total. The lowest BCUT2D eigenvalue weighted by Crippen LogP contribution is -2.24. The standard InChI is InChI=1S/C15H11ClF3N3O2.ClH/c16-9-2-4-10(5-3-9)24-12-6-1-8(13(23)22-14(20)21)7-11(12)15(17,18)19;/h1-7H,(H4,20,21,22,23);1H. The Hall–Kier alpha value is -2.45. The second kappa shape index (κ2) is 8.09. The number of benzene rings is 2. The van der Waals surface area contributed by atoms with Crippen molar-refractivity contribution in [1.29, 1.82) is 0 Å². The summed E-state index contributed by atoms with van der Waals surface area (Å²) in [5, 5.41) is 0.413. The highest BCUT2D eigenvalue weighted by Crippen LogP contribution is 2.39. The Labute approximate surface area is 151 Å². The van der Waals surface area contributed by atoms with E-state index in [-0.39, 0.29) is 23.7 Å². The summed E-state index contributed by atoms with van der Waals surface area (Å²) in [6.45, 7) is 0. The molecule has 134 valence electrons. The average Bonchev–Trinajstić information content (AvgIpc) is 2.48. The monoisotopic (exact) mass is 393 g/mol. The number of hydrogen-bond donors (Lipinski definition) is 2. The van der Waals surface area contributed by atoms with E-state index in [0.29, 0.717) is 11.1 Å². The van der Waals surface area contributed by atoms with E-state index in [1.165, 1.54) is 24.3 Å². The minimum absolute atomic E-state index is 0. The van der Waals surface area contributed by atoms with Gasteiger partial charge in [-0.2, -0.15) is 18.2 Å². The third-order valence-electron chi connectivity index (χ3n) is 2.80. The molecule has 0 atom stereocenters. The Morgan fingerprint density at radius 3 is 2.20 bits per heavy atom. The molecule has 0 saturated heterocycles. The van der Waals surface area contributed by atoms with Gasteiger partial charge < -0.3 is 16.2 Å². The molecular formula is C15H12Cl2F3N3O2. The van der Waals surface area contributed by atoms with Crippen LogP contribution in [0.4, 0.5) is 13.2 Å². The first-order valence-electron chi connectivity index (χ1n) is 6.45. The van der Waals surface area contributed by atoms with Crippen molar-refractivity contribution in [3.05, 3.63) is 58.6 Å². The topological polar surface area (TPSA) is 90.7 Å². The first kappa shape index (κ1) is 20.6. The van der Waals surface area contributed by atoms with Crippen LogP contribution in [0, 0.1) is 0 Å². The highest BCUT2D eigenvalue weighted by molar-refractivity contribution is 6.30. The van der Waals surface area contributed by atoms with Crippen molar-refractivity contribution in [3.63, 3.8) is 0 Å². The molecule has 0 radical (unpaired) electrons. The first-order chi connectivity index (χ1) is 11.2. The Morgan fingerprint density at radius 2 is 1.68 bits per heavy atom. The average molecular weight is 394 g/mol. The summed E-state index contributed by atoms with van der Waals surface area (Å²) in [6.07, 6.45) is -4.74. The van der Waals surface area contributed by atoms with Crippen molar-refractivity contribution in [2.75, 3.05) is 0 Å². The molecule has 25 heavy (non-hydrogen) atoms. The summed E-state index contributed by atoms with van der Waals surface area (Å²) in [6, 6.07) is 8.56. The smallest absolute Gasteiger partial charge is 0.420 e. The normalized spacial score (nSPS) is 10.6. The van der Waals surface area contributed by atoms with Crippen LogP contribution >= 0.6 is 24.0 Å². The van der Waals surface area contributed by atoms with Gasteiger partial charge >= 0.3 is 6.18 Å². The Kier molecular flexibility index (Phi) is 6.66. The molecule has 0 unspecified atom stereocenters. The van der Waals surface area contributed by atoms with E-state index >= 15 is 0 Å². The van der Waals surface area contributed by atoms with Crippen LogP contribution in [-0.2, 0) is 6.18 Å². The number of rotatable bonds is 3. The lowest BCUT2D eigenvalue weighted by Gasteiger charge is -2.14. The molecule has 2 rings (SSSR count). The summed E-state index contributed by atoms with van der Waals surface area (Å²) in [5.74, 6) is -1.84. The number of carbonyl (C=O) groups excluding carboxylic acids is 1. The third kappa shape index (κ3) is 5.54. The van der Waals surface area contributed by atoms with E-state index < -0.39 is 29.4 Å². The van der Waals surface area contributed by atoms with E-state index in [9.17, 15) is 18.0 Å². The van der Waals surface area contributed by atoms with Gasteiger partial charge in [0.1, 0.15) is 11.5 Å². The molecule has 2 aromatic rings. The number of carbonyl (C=O) groups is 1. The van der Waals surface area contributed by atoms with E-state index in [2.05, 4.69) is 4.99 Å². The van der Waals surface area contributed by atoms with Crippen LogP contribution in [0.25, 0.3) is 0 Å². The number of nitrogens with zero attached hydrogens (tertiary/aromatic N) is 1. The molecule has 0 aliphatic carbocycles. The van der Waals surface area contributed by atoms with Crippen LogP contribution in [0.3, 0.4) is 0 Å². The fourth-order valence-corrected chi connectivity index (χ4v) is 1.91. The molecule has 2 aromatic carbocycles. The largest absolute Gasteiger partial charge is 0.457 e. The number of alkyl halides is 3. The second-order valence-corrected chi connectivity index (χ2v) is 5.04. The van der Waals surface area contributed by atoms with Gasteiger partial charge in [-0.05, 0) is 42.5 Å². The zero-order chi connectivity index (χ0) is 17.9. The molecule has 0 bridgehead atoms. The lowest BCUT2D eigenvalue weighted by atomic mass is 10.1. The van der Waals surface area contributed by atoms with Crippen molar-refractivity contribution in [1.82, 2.24) is 0 Å². The number of hydrogen-bond acceptors (Lipinski definition) is 2. The van der Waals surface area contributed by atoms with Gasteiger partial charge in [-0.15, -0.1) is 12.4 Å². The van der Waals surface area contributed by atoms with Crippen molar-refractivity contribution in [2.45, 2.75) is 6.18 Å². The van der Waals surface area contributed by atoms with Gasteiger partial charge in [-0.3, -0.25) is 4.79 Å². The number of ether oxygens (including phenoxy) is 1. The molecule has 0 spiro atoms. The van der Waals surface area contributed by atoms with E-state index in [1.54, 1.807) is 0 Å². The Bertz CT molecular complexity index is 790. The highest BCUT2D eigenvalue weighted by atomic mass is 35.5. The number of amides is 1. The van der Waals surface area contributed by atoms with Crippen LogP contribution in [0.2, 0.25) is 5.02 Å². The van der Waals surface area contributed by atoms with Crippen LogP contribution in [0.5, 0.6) is 11.5 Å². The predicted octanol–water partition coefficient (Wildman–Crippen LogP) is 3.99. The van der Waals surface area contributed by atoms with Gasteiger partial charge in [0.15, 0.2) is 5.96 Å². The summed E-state index contributed by atoms with van der Waals surface area (Å²) in [7, 11) is 0. The SMILES string of the molecule is Cl.NC(N)=NC(=O)c1ccc(Oc2ccc(Cl)cc2)c(C(F)(F)F)c1. The van der Waals surface area contributed by atoms with Crippen LogP contribution < -0.4 is 16.2 Å². The van der Waals surface area contributed by atoms with Crippen molar-refractivity contribution < 1.29 is 22.7 Å². The molecule has 0 aromatic heterocycles. The number of aliphatic imine (C=N–C) groups is 1. The van der Waals surface area contributed by atoms with Crippen molar-refractivity contribution in [3.8, 4) is 11.5 Å². The fraction of sp³-hybridized carbons (Fsp3) is 0.0667. The quantitative estimate of drug-likeness (QED) is 0.609. The summed E-state index contributed by atoms with van der Waals surface area (Å²) in [5.41, 5.74) is 8.65. The zero-order valence-corrected chi connectivity index (χ0v) is 14.0.